The number of hydrogen-bond acceptors (Lipinski definition) is 3. The number of nitriles is 1. The molecule has 0 atom stereocenters. The highest BCUT2D eigenvalue weighted by Gasteiger charge is 1.99. The van der Waals surface area contributed by atoms with Crippen LogP contribution in [-0.4, -0.2) is 20.9 Å². The van der Waals surface area contributed by atoms with Crippen LogP contribution in [0.3, 0.4) is 0 Å². The summed E-state index contributed by atoms with van der Waals surface area (Å²) in [6, 6.07) is 1.90. The predicted octanol–water partition coefficient (Wildman–Crippen LogP) is 0.229. The van der Waals surface area contributed by atoms with Gasteiger partial charge in [-0.25, -0.2) is 0 Å². The van der Waals surface area contributed by atoms with Crippen LogP contribution in [0.15, 0.2) is 12.4 Å². The zero-order valence-corrected chi connectivity index (χ0v) is 6.27. The van der Waals surface area contributed by atoms with E-state index in [1.165, 1.54) is 17.1 Å². The molecule has 0 spiro atoms. The number of hydrogen-bond donors (Lipinski definition) is 1. The Hall–Kier alpha value is -1.83. The molecule has 0 aromatic carbocycles. The molecule has 0 amide bonds. The van der Waals surface area contributed by atoms with Gasteiger partial charge in [-0.2, -0.15) is 10.4 Å². The van der Waals surface area contributed by atoms with Gasteiger partial charge < -0.3 is 5.11 Å². The summed E-state index contributed by atoms with van der Waals surface area (Å²) < 4.78 is 1.44. The highest BCUT2D eigenvalue weighted by molar-refractivity contribution is 5.66. The van der Waals surface area contributed by atoms with Gasteiger partial charge in [0, 0.05) is 6.20 Å². The molecule has 1 aromatic rings. The summed E-state index contributed by atoms with van der Waals surface area (Å²) in [4.78, 5) is 10.1. The Kier molecular flexibility index (Phi) is 2.43. The average Bonchev–Trinajstić information content (AvgIpc) is 2.48. The second kappa shape index (κ2) is 3.53. The minimum atomic E-state index is -0.871. The van der Waals surface area contributed by atoms with E-state index < -0.39 is 5.97 Å². The summed E-state index contributed by atoms with van der Waals surface area (Å²) in [5.74, 6) is -0.871. The summed E-state index contributed by atoms with van der Waals surface area (Å²) in [6.45, 7) is 0.303. The third-order valence-corrected chi connectivity index (χ3v) is 1.32. The van der Waals surface area contributed by atoms with Crippen LogP contribution in [-0.2, 0) is 11.3 Å². The SMILES string of the molecule is N#Cc1cnn(CCC(=O)O)c1. The van der Waals surface area contributed by atoms with Gasteiger partial charge in [0.05, 0.1) is 24.7 Å². The van der Waals surface area contributed by atoms with Gasteiger partial charge in [-0.05, 0) is 0 Å². The van der Waals surface area contributed by atoms with Gasteiger partial charge in [-0.3, -0.25) is 9.48 Å². The Labute approximate surface area is 68.8 Å². The normalized spacial score (nSPS) is 9.25. The summed E-state index contributed by atoms with van der Waals surface area (Å²) in [5, 5.41) is 20.5. The number of rotatable bonds is 3. The van der Waals surface area contributed by atoms with Crippen LogP contribution in [0.4, 0.5) is 0 Å². The molecule has 0 saturated carbocycles. The maximum absolute atomic E-state index is 10.1. The van der Waals surface area contributed by atoms with E-state index in [2.05, 4.69) is 5.10 Å². The molecule has 0 aliphatic heterocycles. The van der Waals surface area contributed by atoms with Crippen LogP contribution in [0.5, 0.6) is 0 Å². The number of aliphatic carboxylic acids is 1. The second-order valence-corrected chi connectivity index (χ2v) is 2.25. The first-order valence-electron chi connectivity index (χ1n) is 3.36. The van der Waals surface area contributed by atoms with Crippen molar-refractivity contribution in [3.05, 3.63) is 18.0 Å². The minimum absolute atomic E-state index is 0.0204. The third kappa shape index (κ3) is 2.09. The van der Waals surface area contributed by atoms with Crippen molar-refractivity contribution in [1.82, 2.24) is 9.78 Å². The lowest BCUT2D eigenvalue weighted by Crippen LogP contribution is -2.04. The van der Waals surface area contributed by atoms with E-state index in [1.54, 1.807) is 0 Å². The molecule has 1 N–H and O–H groups in total. The number of carboxylic acid groups (broad SMARTS) is 1. The van der Waals surface area contributed by atoms with Gasteiger partial charge in [0.25, 0.3) is 0 Å². The molecular weight excluding hydrogens is 158 g/mol. The van der Waals surface area contributed by atoms with Gasteiger partial charge in [0.15, 0.2) is 0 Å². The molecule has 1 rings (SSSR count). The molecule has 1 aromatic heterocycles. The van der Waals surface area contributed by atoms with Gasteiger partial charge >= 0.3 is 5.97 Å². The average molecular weight is 165 g/mol. The van der Waals surface area contributed by atoms with Crippen molar-refractivity contribution in [1.29, 1.82) is 5.26 Å². The van der Waals surface area contributed by atoms with E-state index in [9.17, 15) is 4.79 Å². The number of aromatic nitrogens is 2. The lowest BCUT2D eigenvalue weighted by molar-refractivity contribution is -0.137. The zero-order chi connectivity index (χ0) is 8.97. The van der Waals surface area contributed by atoms with Gasteiger partial charge in [0.1, 0.15) is 6.07 Å². The zero-order valence-electron chi connectivity index (χ0n) is 6.27. The van der Waals surface area contributed by atoms with E-state index in [4.69, 9.17) is 10.4 Å². The maximum Gasteiger partial charge on any atom is 0.305 e. The summed E-state index contributed by atoms with van der Waals surface area (Å²) in [7, 11) is 0. The van der Waals surface area contributed by atoms with Crippen molar-refractivity contribution >= 4 is 5.97 Å². The highest BCUT2D eigenvalue weighted by Crippen LogP contribution is 1.95. The number of aryl methyl sites for hydroxylation is 1. The Morgan fingerprint density at radius 3 is 3.08 bits per heavy atom. The standard InChI is InChI=1S/C7H7N3O2/c8-3-6-4-9-10(5-6)2-1-7(11)12/h4-5H,1-2H2,(H,11,12). The largest absolute Gasteiger partial charge is 0.481 e. The van der Waals surface area contributed by atoms with Crippen LogP contribution in [0.1, 0.15) is 12.0 Å². The fourth-order valence-electron chi connectivity index (χ4n) is 0.754. The molecule has 0 fully saturated rings. The quantitative estimate of drug-likeness (QED) is 0.695. The second-order valence-electron chi connectivity index (χ2n) is 2.25. The summed E-state index contributed by atoms with van der Waals surface area (Å²) in [6.07, 6.45) is 2.94. The molecule has 0 bridgehead atoms. The van der Waals surface area contributed by atoms with E-state index in [1.807, 2.05) is 6.07 Å². The van der Waals surface area contributed by atoms with E-state index in [0.29, 0.717) is 12.1 Å². The molecule has 12 heavy (non-hydrogen) atoms. The molecule has 0 aliphatic rings. The smallest absolute Gasteiger partial charge is 0.305 e. The van der Waals surface area contributed by atoms with Crippen LogP contribution < -0.4 is 0 Å². The monoisotopic (exact) mass is 165 g/mol. The highest BCUT2D eigenvalue weighted by atomic mass is 16.4. The molecule has 1 heterocycles. The number of nitrogens with zero attached hydrogens (tertiary/aromatic N) is 3. The third-order valence-electron chi connectivity index (χ3n) is 1.32. The molecule has 0 aliphatic carbocycles. The van der Waals surface area contributed by atoms with Crippen molar-refractivity contribution < 1.29 is 9.90 Å². The Balaban J connectivity index is 2.54. The number of carbonyl (C=O) groups is 1. The number of carboxylic acids is 1. The van der Waals surface area contributed by atoms with Crippen molar-refractivity contribution in [3.63, 3.8) is 0 Å². The van der Waals surface area contributed by atoms with Crippen molar-refractivity contribution in [2.45, 2.75) is 13.0 Å². The van der Waals surface area contributed by atoms with E-state index >= 15 is 0 Å². The van der Waals surface area contributed by atoms with Crippen molar-refractivity contribution in [2.75, 3.05) is 0 Å². The topological polar surface area (TPSA) is 78.9 Å². The Morgan fingerprint density at radius 2 is 2.58 bits per heavy atom. The molecule has 0 saturated heterocycles. The first-order chi connectivity index (χ1) is 5.72. The minimum Gasteiger partial charge on any atom is -0.481 e. The molecule has 0 radical (unpaired) electrons. The fourth-order valence-corrected chi connectivity index (χ4v) is 0.754. The molecule has 62 valence electrons. The van der Waals surface area contributed by atoms with Crippen molar-refractivity contribution in [3.8, 4) is 6.07 Å². The first kappa shape index (κ1) is 8.27. The first-order valence-corrected chi connectivity index (χ1v) is 3.36. The fraction of sp³-hybridized carbons (Fsp3) is 0.286. The van der Waals surface area contributed by atoms with Gasteiger partial charge in [0.2, 0.25) is 0 Å². The van der Waals surface area contributed by atoms with Crippen LogP contribution in [0, 0.1) is 11.3 Å². The van der Waals surface area contributed by atoms with Gasteiger partial charge in [-0.15, -0.1) is 0 Å². The maximum atomic E-state index is 10.1. The van der Waals surface area contributed by atoms with Crippen LogP contribution in [0.25, 0.3) is 0 Å². The molecule has 5 heteroatoms. The lowest BCUT2D eigenvalue weighted by Gasteiger charge is -1.94. The summed E-state index contributed by atoms with van der Waals surface area (Å²) in [5.41, 5.74) is 0.445. The molecule has 5 nitrogen and oxygen atoms in total. The van der Waals surface area contributed by atoms with E-state index in [0.717, 1.165) is 0 Å². The van der Waals surface area contributed by atoms with E-state index in [-0.39, 0.29) is 6.42 Å². The summed E-state index contributed by atoms with van der Waals surface area (Å²) >= 11 is 0. The Morgan fingerprint density at radius 1 is 1.83 bits per heavy atom. The molecular formula is C7H7N3O2. The van der Waals surface area contributed by atoms with Crippen LogP contribution >= 0.6 is 0 Å². The van der Waals surface area contributed by atoms with Crippen molar-refractivity contribution in [2.24, 2.45) is 0 Å². The Bertz CT molecular complexity index is 324. The van der Waals surface area contributed by atoms with Gasteiger partial charge in [-0.1, -0.05) is 0 Å². The lowest BCUT2D eigenvalue weighted by atomic mass is 10.4. The van der Waals surface area contributed by atoms with Crippen LogP contribution in [0.2, 0.25) is 0 Å². The predicted molar refractivity (Wildman–Crippen MR) is 39.2 cm³/mol. The molecule has 0 unspecified atom stereocenters.